The number of aryl methyl sites for hydroxylation is 2. The molecule has 1 saturated carbocycles. The van der Waals surface area contributed by atoms with Crippen LogP contribution in [-0.2, 0) is 0 Å². The molecule has 1 fully saturated rings. The molecule has 1 aromatic rings. The van der Waals surface area contributed by atoms with Crippen LogP contribution in [0.1, 0.15) is 47.2 Å². The Kier molecular flexibility index (Phi) is 4.13. The van der Waals surface area contributed by atoms with Crippen molar-refractivity contribution in [3.63, 3.8) is 0 Å². The Morgan fingerprint density at radius 3 is 2.53 bits per heavy atom. The monoisotopic (exact) mass is 260 g/mol. The van der Waals surface area contributed by atoms with Crippen molar-refractivity contribution in [2.45, 2.75) is 39.5 Å². The molecule has 3 heteroatoms. The van der Waals surface area contributed by atoms with E-state index in [1.807, 2.05) is 37.9 Å². The lowest BCUT2D eigenvalue weighted by Crippen LogP contribution is -2.31. The van der Waals surface area contributed by atoms with Gasteiger partial charge in [0.15, 0.2) is 0 Å². The maximum absolute atomic E-state index is 12.5. The van der Waals surface area contributed by atoms with Crippen LogP contribution in [0.2, 0.25) is 0 Å². The van der Waals surface area contributed by atoms with Gasteiger partial charge in [-0.3, -0.25) is 4.79 Å². The molecule has 104 valence electrons. The molecule has 1 aromatic carbocycles. The number of carbonyl (C=O) groups is 1. The van der Waals surface area contributed by atoms with Gasteiger partial charge in [-0.25, -0.2) is 0 Å². The Morgan fingerprint density at radius 2 is 1.89 bits per heavy atom. The van der Waals surface area contributed by atoms with E-state index < -0.39 is 0 Å². The van der Waals surface area contributed by atoms with Gasteiger partial charge in [0.1, 0.15) is 0 Å². The van der Waals surface area contributed by atoms with Gasteiger partial charge in [0, 0.05) is 24.8 Å². The van der Waals surface area contributed by atoms with Crippen LogP contribution in [0, 0.1) is 19.8 Å². The molecular formula is C16H24N2O. The lowest BCUT2D eigenvalue weighted by Gasteiger charge is -2.22. The first-order valence-corrected chi connectivity index (χ1v) is 7.11. The fourth-order valence-corrected chi connectivity index (χ4v) is 2.97. The summed E-state index contributed by atoms with van der Waals surface area (Å²) >= 11 is 0. The predicted molar refractivity (Wildman–Crippen MR) is 79.2 cm³/mol. The molecule has 0 heterocycles. The lowest BCUT2D eigenvalue weighted by atomic mass is 10.0. The highest BCUT2D eigenvalue weighted by atomic mass is 16.2. The second kappa shape index (κ2) is 5.64. The van der Waals surface area contributed by atoms with Crippen molar-refractivity contribution in [2.75, 3.05) is 19.3 Å². The number of benzene rings is 1. The molecule has 2 N–H and O–H groups in total. The third kappa shape index (κ3) is 3.09. The SMILES string of the molecule is Cc1cc(C)c(C(=O)N(C)CC2CCCC2)cc1N. The second-order valence-corrected chi connectivity index (χ2v) is 5.86. The summed E-state index contributed by atoms with van der Waals surface area (Å²) in [7, 11) is 1.90. The van der Waals surface area contributed by atoms with Gasteiger partial charge in [0.05, 0.1) is 0 Å². The number of rotatable bonds is 3. The molecule has 19 heavy (non-hydrogen) atoms. The topological polar surface area (TPSA) is 46.3 Å². The lowest BCUT2D eigenvalue weighted by molar-refractivity contribution is 0.0772. The van der Waals surface area contributed by atoms with Crippen LogP contribution in [0.3, 0.4) is 0 Å². The van der Waals surface area contributed by atoms with E-state index in [0.29, 0.717) is 11.6 Å². The fraction of sp³-hybridized carbons (Fsp3) is 0.562. The molecule has 1 aliphatic rings. The van der Waals surface area contributed by atoms with E-state index in [4.69, 9.17) is 5.73 Å². The highest BCUT2D eigenvalue weighted by molar-refractivity contribution is 5.96. The third-order valence-electron chi connectivity index (χ3n) is 4.20. The summed E-state index contributed by atoms with van der Waals surface area (Å²) in [6.45, 7) is 4.81. The molecule has 0 radical (unpaired) electrons. The van der Waals surface area contributed by atoms with E-state index >= 15 is 0 Å². The Balaban J connectivity index is 2.12. The van der Waals surface area contributed by atoms with Gasteiger partial charge in [-0.1, -0.05) is 18.9 Å². The highest BCUT2D eigenvalue weighted by Gasteiger charge is 2.21. The first kappa shape index (κ1) is 13.9. The van der Waals surface area contributed by atoms with E-state index in [0.717, 1.165) is 23.2 Å². The van der Waals surface area contributed by atoms with Crippen LogP contribution in [0.25, 0.3) is 0 Å². The minimum atomic E-state index is 0.0936. The zero-order valence-electron chi connectivity index (χ0n) is 12.2. The predicted octanol–water partition coefficient (Wildman–Crippen LogP) is 3.15. The maximum atomic E-state index is 12.5. The maximum Gasteiger partial charge on any atom is 0.253 e. The molecule has 2 rings (SSSR count). The van der Waals surface area contributed by atoms with Crippen LogP contribution < -0.4 is 5.73 Å². The molecule has 0 bridgehead atoms. The van der Waals surface area contributed by atoms with E-state index in [9.17, 15) is 4.79 Å². The van der Waals surface area contributed by atoms with Crippen molar-refractivity contribution in [2.24, 2.45) is 5.92 Å². The van der Waals surface area contributed by atoms with Crippen molar-refractivity contribution in [1.82, 2.24) is 4.90 Å². The summed E-state index contributed by atoms with van der Waals surface area (Å²) < 4.78 is 0. The Labute approximate surface area is 115 Å². The van der Waals surface area contributed by atoms with Crippen molar-refractivity contribution in [3.8, 4) is 0 Å². The molecule has 1 aliphatic carbocycles. The molecule has 1 amide bonds. The van der Waals surface area contributed by atoms with Crippen molar-refractivity contribution in [3.05, 3.63) is 28.8 Å². The van der Waals surface area contributed by atoms with Crippen LogP contribution in [0.4, 0.5) is 5.69 Å². The summed E-state index contributed by atoms with van der Waals surface area (Å²) in [6.07, 6.45) is 5.13. The molecule has 0 atom stereocenters. The van der Waals surface area contributed by atoms with E-state index in [1.165, 1.54) is 25.7 Å². The van der Waals surface area contributed by atoms with E-state index in [1.54, 1.807) is 0 Å². The summed E-state index contributed by atoms with van der Waals surface area (Å²) in [4.78, 5) is 14.3. The zero-order chi connectivity index (χ0) is 14.0. The Morgan fingerprint density at radius 1 is 1.26 bits per heavy atom. The minimum Gasteiger partial charge on any atom is -0.398 e. The third-order valence-corrected chi connectivity index (χ3v) is 4.20. The number of carbonyl (C=O) groups excluding carboxylic acids is 1. The van der Waals surface area contributed by atoms with Crippen molar-refractivity contribution < 1.29 is 4.79 Å². The summed E-state index contributed by atoms with van der Waals surface area (Å²) in [5.74, 6) is 0.771. The van der Waals surface area contributed by atoms with Crippen LogP contribution in [0.15, 0.2) is 12.1 Å². The number of nitrogens with two attached hydrogens (primary N) is 1. The largest absolute Gasteiger partial charge is 0.398 e. The Bertz CT molecular complexity index is 476. The first-order chi connectivity index (χ1) is 8.99. The molecule has 0 spiro atoms. The molecule has 3 nitrogen and oxygen atoms in total. The summed E-state index contributed by atoms with van der Waals surface area (Å²) in [6, 6.07) is 3.81. The number of nitrogen functional groups attached to an aromatic ring is 1. The highest BCUT2D eigenvalue weighted by Crippen LogP contribution is 2.26. The normalized spacial score (nSPS) is 15.7. The van der Waals surface area contributed by atoms with E-state index in [-0.39, 0.29) is 5.91 Å². The fourth-order valence-electron chi connectivity index (χ4n) is 2.97. The average molecular weight is 260 g/mol. The van der Waals surface area contributed by atoms with Gasteiger partial charge < -0.3 is 10.6 Å². The van der Waals surface area contributed by atoms with E-state index in [2.05, 4.69) is 0 Å². The zero-order valence-corrected chi connectivity index (χ0v) is 12.2. The standard InChI is InChI=1S/C16H24N2O/c1-11-8-12(2)15(17)9-14(11)16(19)18(3)10-13-6-4-5-7-13/h8-9,13H,4-7,10,17H2,1-3H3. The van der Waals surface area contributed by atoms with Gasteiger partial charge >= 0.3 is 0 Å². The summed E-state index contributed by atoms with van der Waals surface area (Å²) in [5, 5.41) is 0. The second-order valence-electron chi connectivity index (χ2n) is 5.86. The smallest absolute Gasteiger partial charge is 0.253 e. The molecule has 0 aliphatic heterocycles. The van der Waals surface area contributed by atoms with Gasteiger partial charge in [0.2, 0.25) is 0 Å². The molecular weight excluding hydrogens is 236 g/mol. The van der Waals surface area contributed by atoms with Crippen molar-refractivity contribution >= 4 is 11.6 Å². The van der Waals surface area contributed by atoms with Gasteiger partial charge in [-0.15, -0.1) is 0 Å². The Hall–Kier alpha value is -1.51. The number of hydrogen-bond donors (Lipinski definition) is 1. The van der Waals surface area contributed by atoms with Crippen LogP contribution in [-0.4, -0.2) is 24.4 Å². The van der Waals surface area contributed by atoms with Gasteiger partial charge in [0.25, 0.3) is 5.91 Å². The van der Waals surface area contributed by atoms with Crippen LogP contribution in [0.5, 0.6) is 0 Å². The number of hydrogen-bond acceptors (Lipinski definition) is 2. The summed E-state index contributed by atoms with van der Waals surface area (Å²) in [5.41, 5.74) is 9.40. The van der Waals surface area contributed by atoms with Crippen molar-refractivity contribution in [1.29, 1.82) is 0 Å². The quantitative estimate of drug-likeness (QED) is 0.849. The molecule has 0 unspecified atom stereocenters. The molecule has 0 saturated heterocycles. The van der Waals surface area contributed by atoms with Gasteiger partial charge in [-0.05, 0) is 49.8 Å². The number of nitrogens with zero attached hydrogens (tertiary/aromatic N) is 1. The minimum absolute atomic E-state index is 0.0936. The van der Waals surface area contributed by atoms with Crippen LogP contribution >= 0.6 is 0 Å². The first-order valence-electron chi connectivity index (χ1n) is 7.11. The molecule has 0 aromatic heterocycles. The van der Waals surface area contributed by atoms with Gasteiger partial charge in [-0.2, -0.15) is 0 Å². The average Bonchev–Trinajstić information content (AvgIpc) is 2.85. The number of anilines is 1. The number of amides is 1.